The molecule has 0 atom stereocenters. The zero-order chi connectivity index (χ0) is 19.5. The summed E-state index contributed by atoms with van der Waals surface area (Å²) in [6.07, 6.45) is 2.31. The van der Waals surface area contributed by atoms with Gasteiger partial charge >= 0.3 is 0 Å². The van der Waals surface area contributed by atoms with E-state index in [0.29, 0.717) is 35.6 Å². The van der Waals surface area contributed by atoms with E-state index in [2.05, 4.69) is 20.7 Å². The minimum absolute atomic E-state index is 0.505. The fraction of sp³-hybridized carbons (Fsp3) is 0.263. The molecule has 140 valence electrons. The van der Waals surface area contributed by atoms with Crippen LogP contribution in [0.5, 0.6) is 0 Å². The monoisotopic (exact) mass is 366 g/mol. The molecule has 0 aromatic heterocycles. The highest BCUT2D eigenvalue weighted by Crippen LogP contribution is 2.18. The van der Waals surface area contributed by atoms with Crippen LogP contribution in [-0.4, -0.2) is 49.8 Å². The number of rotatable bonds is 10. The highest BCUT2D eigenvalue weighted by Gasteiger charge is 2.02. The molecule has 0 N–H and O–H groups in total. The van der Waals surface area contributed by atoms with Crippen LogP contribution in [0.4, 0.5) is 11.4 Å². The second-order valence-corrected chi connectivity index (χ2v) is 5.85. The molecule has 2 aromatic carbocycles. The van der Waals surface area contributed by atoms with Gasteiger partial charge in [0.15, 0.2) is 12.6 Å². The van der Waals surface area contributed by atoms with Crippen LogP contribution in [0.2, 0.25) is 0 Å². The number of nitrogens with zero attached hydrogens (tertiary/aromatic N) is 6. The Morgan fingerprint density at radius 1 is 0.741 bits per heavy atom. The predicted octanol–water partition coefficient (Wildman–Crippen LogP) is 4.26. The van der Waals surface area contributed by atoms with Gasteiger partial charge in [0.1, 0.15) is 0 Å². The summed E-state index contributed by atoms with van der Waals surface area (Å²) in [7, 11) is 3.63. The predicted molar refractivity (Wildman–Crippen MR) is 103 cm³/mol. The Hall–Kier alpha value is -3.42. The molecule has 0 aliphatic heterocycles. The summed E-state index contributed by atoms with van der Waals surface area (Å²) in [5.41, 5.74) is 2.09. The molecule has 8 nitrogen and oxygen atoms in total. The van der Waals surface area contributed by atoms with Gasteiger partial charge in [0.05, 0.1) is 11.4 Å². The van der Waals surface area contributed by atoms with E-state index in [9.17, 15) is 9.59 Å². The summed E-state index contributed by atoms with van der Waals surface area (Å²) in [6, 6.07) is 14.1. The van der Waals surface area contributed by atoms with Crippen molar-refractivity contribution in [3.8, 4) is 0 Å². The molecule has 0 aliphatic rings. The van der Waals surface area contributed by atoms with E-state index in [0.717, 1.165) is 19.0 Å². The van der Waals surface area contributed by atoms with Crippen molar-refractivity contribution in [1.82, 2.24) is 10.0 Å². The summed E-state index contributed by atoms with van der Waals surface area (Å²) in [4.78, 5) is 21.9. The fourth-order valence-electron chi connectivity index (χ4n) is 2.22. The molecule has 0 saturated heterocycles. The van der Waals surface area contributed by atoms with Crippen molar-refractivity contribution < 1.29 is 9.59 Å². The average Bonchev–Trinajstić information content (AvgIpc) is 2.71. The lowest BCUT2D eigenvalue weighted by Gasteiger charge is -2.14. The SMILES string of the molecule is CN(CCCN(C)N=Nc1ccccc1C=O)N=Nc1ccccc1C=O. The number of hydrogen-bond acceptors (Lipinski definition) is 6. The van der Waals surface area contributed by atoms with Crippen molar-refractivity contribution >= 4 is 23.9 Å². The highest BCUT2D eigenvalue weighted by molar-refractivity contribution is 5.83. The zero-order valence-corrected chi connectivity index (χ0v) is 15.4. The van der Waals surface area contributed by atoms with E-state index in [-0.39, 0.29) is 0 Å². The molecule has 0 unspecified atom stereocenters. The van der Waals surface area contributed by atoms with Gasteiger partial charge in [-0.1, -0.05) is 34.7 Å². The number of benzene rings is 2. The van der Waals surface area contributed by atoms with Gasteiger partial charge in [-0.25, -0.2) is 0 Å². The van der Waals surface area contributed by atoms with E-state index in [1.807, 2.05) is 26.2 Å². The highest BCUT2D eigenvalue weighted by atomic mass is 16.1. The summed E-state index contributed by atoms with van der Waals surface area (Å²) in [5.74, 6) is 0. The van der Waals surface area contributed by atoms with E-state index in [4.69, 9.17) is 0 Å². The van der Waals surface area contributed by atoms with Crippen LogP contribution in [-0.2, 0) is 0 Å². The third-order valence-corrected chi connectivity index (χ3v) is 3.70. The lowest BCUT2D eigenvalue weighted by Crippen LogP contribution is -2.19. The molecule has 0 radical (unpaired) electrons. The molecule has 0 heterocycles. The number of hydrogen-bond donors (Lipinski definition) is 0. The molecule has 0 saturated carbocycles. The van der Waals surface area contributed by atoms with E-state index >= 15 is 0 Å². The first-order valence-electron chi connectivity index (χ1n) is 8.48. The van der Waals surface area contributed by atoms with Gasteiger partial charge in [0.2, 0.25) is 0 Å². The Morgan fingerprint density at radius 3 is 1.56 bits per heavy atom. The standard InChI is InChI=1S/C19H22N6O2/c1-24(22-20-18-10-5-3-8-16(18)14-26)12-7-13-25(2)23-21-19-11-6-4-9-17(19)15-27/h3-6,8-11,14-15H,7,12-13H2,1-2H3. The normalized spacial score (nSPS) is 11.0. The van der Waals surface area contributed by atoms with Gasteiger partial charge in [0.25, 0.3) is 0 Å². The Labute approximate surface area is 158 Å². The smallest absolute Gasteiger partial charge is 0.152 e. The lowest BCUT2D eigenvalue weighted by molar-refractivity contribution is 0.111. The van der Waals surface area contributed by atoms with Gasteiger partial charge in [-0.05, 0) is 30.7 Å². The van der Waals surface area contributed by atoms with Gasteiger partial charge in [-0.15, -0.1) is 10.2 Å². The lowest BCUT2D eigenvalue weighted by atomic mass is 10.2. The van der Waals surface area contributed by atoms with E-state index < -0.39 is 0 Å². The molecular formula is C19H22N6O2. The quantitative estimate of drug-likeness (QED) is 0.357. The van der Waals surface area contributed by atoms with Crippen molar-refractivity contribution in [2.45, 2.75) is 6.42 Å². The molecule has 0 bridgehead atoms. The number of aldehydes is 2. The average molecular weight is 366 g/mol. The van der Waals surface area contributed by atoms with Crippen molar-refractivity contribution in [2.75, 3.05) is 27.2 Å². The summed E-state index contributed by atoms with van der Waals surface area (Å²) in [6.45, 7) is 1.33. The van der Waals surface area contributed by atoms with Crippen molar-refractivity contribution in [3.63, 3.8) is 0 Å². The van der Waals surface area contributed by atoms with Gasteiger partial charge in [-0.3, -0.25) is 19.6 Å². The minimum Gasteiger partial charge on any atom is -0.298 e. The fourth-order valence-corrected chi connectivity index (χ4v) is 2.22. The molecule has 8 heteroatoms. The first-order valence-corrected chi connectivity index (χ1v) is 8.48. The topological polar surface area (TPSA) is 90.1 Å². The van der Waals surface area contributed by atoms with Crippen LogP contribution in [0.1, 0.15) is 27.1 Å². The summed E-state index contributed by atoms with van der Waals surface area (Å²) in [5, 5.41) is 19.8. The maximum Gasteiger partial charge on any atom is 0.152 e. The van der Waals surface area contributed by atoms with Crippen LogP contribution >= 0.6 is 0 Å². The van der Waals surface area contributed by atoms with E-state index in [1.165, 1.54) is 0 Å². The third kappa shape index (κ3) is 6.43. The van der Waals surface area contributed by atoms with Crippen LogP contribution in [0.3, 0.4) is 0 Å². The second kappa shape index (κ2) is 10.5. The van der Waals surface area contributed by atoms with Gasteiger partial charge in [-0.2, -0.15) is 0 Å². The van der Waals surface area contributed by atoms with Crippen LogP contribution in [0.15, 0.2) is 69.2 Å². The molecule has 0 aliphatic carbocycles. The molecular weight excluding hydrogens is 344 g/mol. The molecule has 2 rings (SSSR count). The largest absolute Gasteiger partial charge is 0.298 e. The third-order valence-electron chi connectivity index (χ3n) is 3.70. The molecule has 2 aromatic rings. The molecule has 0 amide bonds. The number of carbonyl (C=O) groups is 2. The first kappa shape index (κ1) is 19.9. The van der Waals surface area contributed by atoms with Gasteiger partial charge in [0, 0.05) is 38.3 Å². The maximum atomic E-state index is 11.0. The molecule has 27 heavy (non-hydrogen) atoms. The zero-order valence-electron chi connectivity index (χ0n) is 15.4. The minimum atomic E-state index is 0.505. The first-order chi connectivity index (χ1) is 13.1. The molecule has 0 fully saturated rings. The van der Waals surface area contributed by atoms with Crippen LogP contribution < -0.4 is 0 Å². The Balaban J connectivity index is 1.79. The summed E-state index contributed by atoms with van der Waals surface area (Å²) >= 11 is 0. The Kier molecular flexibility index (Phi) is 7.77. The Morgan fingerprint density at radius 2 is 1.15 bits per heavy atom. The number of carbonyl (C=O) groups excluding carboxylic acids is 2. The Bertz CT molecular complexity index is 754. The van der Waals surface area contributed by atoms with Crippen molar-refractivity contribution in [1.29, 1.82) is 0 Å². The second-order valence-electron chi connectivity index (χ2n) is 5.85. The van der Waals surface area contributed by atoms with E-state index in [1.54, 1.807) is 46.4 Å². The van der Waals surface area contributed by atoms with Gasteiger partial charge < -0.3 is 0 Å². The maximum absolute atomic E-state index is 11.0. The van der Waals surface area contributed by atoms with Crippen LogP contribution in [0, 0.1) is 0 Å². The van der Waals surface area contributed by atoms with Crippen LogP contribution in [0.25, 0.3) is 0 Å². The van der Waals surface area contributed by atoms with Crippen molar-refractivity contribution in [3.05, 3.63) is 59.7 Å². The molecule has 0 spiro atoms. The summed E-state index contributed by atoms with van der Waals surface area (Å²) < 4.78 is 0. The van der Waals surface area contributed by atoms with Crippen molar-refractivity contribution in [2.24, 2.45) is 20.7 Å².